The van der Waals surface area contributed by atoms with Gasteiger partial charge in [-0.15, -0.1) is 0 Å². The number of benzene rings is 1. The van der Waals surface area contributed by atoms with Crippen LogP contribution in [0.1, 0.15) is 56.1 Å². The molecule has 0 amide bonds. The first-order chi connectivity index (χ1) is 7.79. The summed E-state index contributed by atoms with van der Waals surface area (Å²) < 4.78 is 0. The SMILES string of the molecule is CC1CCCC(c2ccc(C#N)cc2)CC1. The molecular weight excluding hydrogens is 194 g/mol. The first kappa shape index (κ1) is 11.2. The van der Waals surface area contributed by atoms with Crippen molar-refractivity contribution >= 4 is 0 Å². The third-order valence-corrected chi connectivity index (χ3v) is 3.77. The maximum atomic E-state index is 8.77. The molecular formula is C15H19N. The van der Waals surface area contributed by atoms with Crippen LogP contribution in [0.25, 0.3) is 0 Å². The lowest BCUT2D eigenvalue weighted by molar-refractivity contribution is 0.499. The van der Waals surface area contributed by atoms with Crippen LogP contribution in [-0.2, 0) is 0 Å². The van der Waals surface area contributed by atoms with Gasteiger partial charge in [0.15, 0.2) is 0 Å². The first-order valence-electron chi connectivity index (χ1n) is 6.29. The van der Waals surface area contributed by atoms with E-state index in [-0.39, 0.29) is 0 Å². The molecule has 1 aromatic carbocycles. The number of rotatable bonds is 1. The molecule has 0 saturated heterocycles. The molecule has 0 bridgehead atoms. The summed E-state index contributed by atoms with van der Waals surface area (Å²) in [6.45, 7) is 2.36. The van der Waals surface area contributed by atoms with Gasteiger partial charge in [-0.2, -0.15) is 5.26 Å². The predicted molar refractivity (Wildman–Crippen MR) is 66.1 cm³/mol. The zero-order chi connectivity index (χ0) is 11.4. The van der Waals surface area contributed by atoms with Crippen LogP contribution < -0.4 is 0 Å². The highest BCUT2D eigenvalue weighted by Crippen LogP contribution is 2.33. The highest BCUT2D eigenvalue weighted by molar-refractivity contribution is 5.33. The van der Waals surface area contributed by atoms with Gasteiger partial charge in [0.25, 0.3) is 0 Å². The van der Waals surface area contributed by atoms with E-state index in [2.05, 4.69) is 25.1 Å². The summed E-state index contributed by atoms with van der Waals surface area (Å²) in [6, 6.07) is 10.3. The highest BCUT2D eigenvalue weighted by Gasteiger charge is 2.17. The van der Waals surface area contributed by atoms with E-state index in [9.17, 15) is 0 Å². The Balaban J connectivity index is 2.08. The minimum atomic E-state index is 0.720. The molecule has 0 N–H and O–H groups in total. The van der Waals surface area contributed by atoms with E-state index in [1.165, 1.54) is 37.7 Å². The topological polar surface area (TPSA) is 23.8 Å². The van der Waals surface area contributed by atoms with Gasteiger partial charge in [-0.1, -0.05) is 38.3 Å². The van der Waals surface area contributed by atoms with Gasteiger partial charge in [-0.3, -0.25) is 0 Å². The normalized spacial score (nSPS) is 25.8. The van der Waals surface area contributed by atoms with Gasteiger partial charge in [0.05, 0.1) is 11.6 Å². The van der Waals surface area contributed by atoms with Crippen molar-refractivity contribution in [3.8, 4) is 6.07 Å². The third-order valence-electron chi connectivity index (χ3n) is 3.77. The molecule has 1 nitrogen and oxygen atoms in total. The van der Waals surface area contributed by atoms with Crippen LogP contribution in [0.15, 0.2) is 24.3 Å². The Morgan fingerprint density at radius 1 is 1.06 bits per heavy atom. The largest absolute Gasteiger partial charge is 0.192 e. The van der Waals surface area contributed by atoms with Crippen LogP contribution in [0.4, 0.5) is 0 Å². The zero-order valence-corrected chi connectivity index (χ0v) is 9.95. The second-order valence-corrected chi connectivity index (χ2v) is 5.04. The molecule has 1 aliphatic carbocycles. The van der Waals surface area contributed by atoms with Gasteiger partial charge < -0.3 is 0 Å². The molecule has 1 fully saturated rings. The Bertz CT molecular complexity index is 371. The van der Waals surface area contributed by atoms with Gasteiger partial charge in [0, 0.05) is 0 Å². The first-order valence-corrected chi connectivity index (χ1v) is 6.29. The summed E-state index contributed by atoms with van der Waals surface area (Å²) in [6.07, 6.45) is 6.71. The average molecular weight is 213 g/mol. The maximum absolute atomic E-state index is 8.77. The lowest BCUT2D eigenvalue weighted by Crippen LogP contribution is -1.97. The number of nitriles is 1. The van der Waals surface area contributed by atoms with Crippen molar-refractivity contribution in [3.63, 3.8) is 0 Å². The van der Waals surface area contributed by atoms with E-state index < -0.39 is 0 Å². The molecule has 0 aliphatic heterocycles. The van der Waals surface area contributed by atoms with E-state index in [0.29, 0.717) is 0 Å². The van der Waals surface area contributed by atoms with E-state index in [4.69, 9.17) is 5.26 Å². The summed E-state index contributed by atoms with van der Waals surface area (Å²) in [5.41, 5.74) is 2.19. The Hall–Kier alpha value is -1.29. The molecule has 0 heterocycles. The van der Waals surface area contributed by atoms with E-state index in [1.54, 1.807) is 0 Å². The Kier molecular flexibility index (Phi) is 3.62. The van der Waals surface area contributed by atoms with E-state index in [0.717, 1.165) is 17.4 Å². The van der Waals surface area contributed by atoms with Crippen LogP contribution in [0.3, 0.4) is 0 Å². The molecule has 0 radical (unpaired) electrons. The van der Waals surface area contributed by atoms with E-state index in [1.807, 2.05) is 12.1 Å². The number of nitrogens with zero attached hydrogens (tertiary/aromatic N) is 1. The fourth-order valence-electron chi connectivity index (χ4n) is 2.65. The molecule has 84 valence electrons. The van der Waals surface area contributed by atoms with Gasteiger partial charge >= 0.3 is 0 Å². The van der Waals surface area contributed by atoms with Crippen LogP contribution in [0.2, 0.25) is 0 Å². The molecule has 0 aromatic heterocycles. The van der Waals surface area contributed by atoms with Gasteiger partial charge in [-0.25, -0.2) is 0 Å². The molecule has 1 aliphatic rings. The predicted octanol–water partition coefficient (Wildman–Crippen LogP) is 4.24. The lowest BCUT2D eigenvalue weighted by atomic mass is 9.91. The molecule has 0 spiro atoms. The number of hydrogen-bond acceptors (Lipinski definition) is 1. The van der Waals surface area contributed by atoms with Crippen molar-refractivity contribution in [2.45, 2.75) is 44.9 Å². The summed E-state index contributed by atoms with van der Waals surface area (Å²) in [4.78, 5) is 0. The minimum absolute atomic E-state index is 0.720. The monoisotopic (exact) mass is 213 g/mol. The molecule has 2 atom stereocenters. The van der Waals surface area contributed by atoms with Gasteiger partial charge in [0.1, 0.15) is 0 Å². The highest BCUT2D eigenvalue weighted by atomic mass is 14.2. The fourth-order valence-corrected chi connectivity index (χ4v) is 2.65. The van der Waals surface area contributed by atoms with Crippen LogP contribution in [-0.4, -0.2) is 0 Å². The van der Waals surface area contributed by atoms with Crippen LogP contribution in [0.5, 0.6) is 0 Å². The summed E-state index contributed by atoms with van der Waals surface area (Å²) in [7, 11) is 0. The summed E-state index contributed by atoms with van der Waals surface area (Å²) >= 11 is 0. The van der Waals surface area contributed by atoms with Gasteiger partial charge in [-0.05, 0) is 42.4 Å². The standard InChI is InChI=1S/C15H19N/c1-12-3-2-4-14(8-5-12)15-9-6-13(11-16)7-10-15/h6-7,9-10,12,14H,2-5,8H2,1H3. The average Bonchev–Trinajstić information content (AvgIpc) is 2.54. The summed E-state index contributed by atoms with van der Waals surface area (Å²) in [5, 5.41) is 8.77. The van der Waals surface area contributed by atoms with Crippen LogP contribution >= 0.6 is 0 Å². The lowest BCUT2D eigenvalue weighted by Gasteiger charge is -2.14. The maximum Gasteiger partial charge on any atom is 0.0991 e. The van der Waals surface area contributed by atoms with Crippen molar-refractivity contribution in [3.05, 3.63) is 35.4 Å². The molecule has 2 unspecified atom stereocenters. The van der Waals surface area contributed by atoms with Crippen molar-refractivity contribution in [2.24, 2.45) is 5.92 Å². The molecule has 16 heavy (non-hydrogen) atoms. The molecule has 1 saturated carbocycles. The smallest absolute Gasteiger partial charge is 0.0991 e. The van der Waals surface area contributed by atoms with Crippen molar-refractivity contribution in [2.75, 3.05) is 0 Å². The van der Waals surface area contributed by atoms with Crippen molar-refractivity contribution < 1.29 is 0 Å². The zero-order valence-electron chi connectivity index (χ0n) is 9.95. The second kappa shape index (κ2) is 5.16. The third kappa shape index (κ3) is 2.64. The summed E-state index contributed by atoms with van der Waals surface area (Å²) in [5.74, 6) is 1.61. The number of hydrogen-bond donors (Lipinski definition) is 0. The molecule has 2 rings (SSSR count). The second-order valence-electron chi connectivity index (χ2n) is 5.04. The minimum Gasteiger partial charge on any atom is -0.192 e. The fraction of sp³-hybridized carbons (Fsp3) is 0.533. The Labute approximate surface area is 98.1 Å². The van der Waals surface area contributed by atoms with Crippen LogP contribution in [0, 0.1) is 17.2 Å². The van der Waals surface area contributed by atoms with E-state index >= 15 is 0 Å². The molecule has 1 heteroatoms. The molecule has 1 aromatic rings. The Morgan fingerprint density at radius 3 is 2.50 bits per heavy atom. The van der Waals surface area contributed by atoms with Gasteiger partial charge in [0.2, 0.25) is 0 Å². The van der Waals surface area contributed by atoms with Crippen molar-refractivity contribution in [1.82, 2.24) is 0 Å². The Morgan fingerprint density at radius 2 is 1.81 bits per heavy atom. The van der Waals surface area contributed by atoms with Crippen molar-refractivity contribution in [1.29, 1.82) is 5.26 Å². The quantitative estimate of drug-likeness (QED) is 0.640.